The van der Waals surface area contributed by atoms with Crippen molar-refractivity contribution in [2.45, 2.75) is 38.4 Å². The number of hydrogen-bond acceptors (Lipinski definition) is 11. The highest BCUT2D eigenvalue weighted by atomic mass is 16.7. The molecule has 41 heavy (non-hydrogen) atoms. The third kappa shape index (κ3) is 5.27. The number of cyclic esters (lactones) is 1. The van der Waals surface area contributed by atoms with Gasteiger partial charge in [-0.1, -0.05) is 0 Å². The number of methoxy groups -OCH3 is 2. The van der Waals surface area contributed by atoms with Gasteiger partial charge in [0.2, 0.25) is 6.79 Å². The zero-order valence-electron chi connectivity index (χ0n) is 23.3. The average molecular weight is 567 g/mol. The number of rotatable bonds is 6. The van der Waals surface area contributed by atoms with Crippen molar-refractivity contribution >= 4 is 18.0 Å². The highest BCUT2D eigenvalue weighted by Crippen LogP contribution is 2.56. The first-order valence-electron chi connectivity index (χ1n) is 13.0. The fourth-order valence-corrected chi connectivity index (χ4v) is 5.53. The van der Waals surface area contributed by atoms with Crippen molar-refractivity contribution in [2.75, 3.05) is 34.2 Å². The highest BCUT2D eigenvalue weighted by Gasteiger charge is 2.54. The highest BCUT2D eigenvalue weighted by molar-refractivity contribution is 5.81. The molecule has 0 radical (unpaired) electrons. The lowest BCUT2D eigenvalue weighted by Gasteiger charge is -2.38. The molecule has 1 fully saturated rings. The van der Waals surface area contributed by atoms with Crippen LogP contribution in [0.2, 0.25) is 0 Å². The second-order valence-electron chi connectivity index (χ2n) is 10.8. The largest absolute Gasteiger partial charge is 0.495 e. The molecule has 12 heteroatoms. The van der Waals surface area contributed by atoms with Gasteiger partial charge in [0.25, 0.3) is 0 Å². The Labute approximate surface area is 236 Å². The molecule has 2 aromatic rings. The maximum atomic E-state index is 13.2. The Balaban J connectivity index is 1.56. The molecule has 3 aliphatic rings. The van der Waals surface area contributed by atoms with E-state index in [-0.39, 0.29) is 30.5 Å². The van der Waals surface area contributed by atoms with Crippen LogP contribution >= 0.6 is 0 Å². The Bertz CT molecular complexity index is 1420. The molecule has 2 heterocycles. The van der Waals surface area contributed by atoms with E-state index < -0.39 is 54.0 Å². The Hall–Kier alpha value is -4.66. The number of esters is 2. The molecular weight excluding hydrogens is 536 g/mol. The third-order valence-electron chi connectivity index (χ3n) is 7.15. The van der Waals surface area contributed by atoms with Crippen molar-refractivity contribution in [3.63, 3.8) is 0 Å². The molecule has 216 valence electrons. The normalized spacial score (nSPS) is 22.0. The number of amides is 1. The number of ether oxygens (including phenoxy) is 7. The maximum Gasteiger partial charge on any atom is 0.408 e. The molecule has 0 bridgehead atoms. The maximum absolute atomic E-state index is 13.2. The summed E-state index contributed by atoms with van der Waals surface area (Å²) in [6.45, 7) is 4.71. The van der Waals surface area contributed by atoms with Crippen LogP contribution in [0.3, 0.4) is 0 Å². The van der Waals surface area contributed by atoms with Crippen LogP contribution < -0.4 is 24.3 Å². The van der Waals surface area contributed by atoms with Gasteiger partial charge >= 0.3 is 18.0 Å². The van der Waals surface area contributed by atoms with E-state index >= 15 is 0 Å². The van der Waals surface area contributed by atoms with E-state index in [1.54, 1.807) is 45.0 Å². The predicted molar refractivity (Wildman–Crippen MR) is 140 cm³/mol. The number of nitrogens with one attached hydrogen (secondary N) is 1. The zero-order chi connectivity index (χ0) is 29.5. The molecule has 0 unspecified atom stereocenters. The minimum absolute atomic E-state index is 0.00979. The van der Waals surface area contributed by atoms with Crippen LogP contribution in [0.25, 0.3) is 0 Å². The first kappa shape index (κ1) is 27.9. The summed E-state index contributed by atoms with van der Waals surface area (Å²) in [5, 5.41) is 12.1. The Morgan fingerprint density at radius 1 is 1.02 bits per heavy atom. The van der Waals surface area contributed by atoms with Gasteiger partial charge in [-0.3, -0.25) is 9.59 Å². The molecular formula is C29H30N2O10. The van der Waals surface area contributed by atoms with E-state index in [0.717, 1.165) is 0 Å². The summed E-state index contributed by atoms with van der Waals surface area (Å²) in [4.78, 5) is 38.3. The number of nitriles is 1. The van der Waals surface area contributed by atoms with Crippen molar-refractivity contribution in [2.24, 2.45) is 11.8 Å². The summed E-state index contributed by atoms with van der Waals surface area (Å²) in [5.74, 6) is -1.55. The molecule has 0 spiro atoms. The Kier molecular flexibility index (Phi) is 7.29. The van der Waals surface area contributed by atoms with Gasteiger partial charge in [0.05, 0.1) is 26.7 Å². The lowest BCUT2D eigenvalue weighted by atomic mass is 9.66. The Morgan fingerprint density at radius 3 is 2.24 bits per heavy atom. The van der Waals surface area contributed by atoms with E-state index in [4.69, 9.17) is 33.2 Å². The molecule has 0 saturated carbocycles. The smallest absolute Gasteiger partial charge is 0.408 e. The number of fused-ring (bicyclic) bond motifs is 3. The van der Waals surface area contributed by atoms with Gasteiger partial charge in [-0.25, -0.2) is 4.79 Å². The first-order valence-corrected chi connectivity index (χ1v) is 13.0. The monoisotopic (exact) mass is 566 g/mol. The summed E-state index contributed by atoms with van der Waals surface area (Å²) in [6, 6.07) is 8.98. The molecule has 0 aromatic heterocycles. The van der Waals surface area contributed by atoms with Crippen LogP contribution in [-0.4, -0.2) is 57.8 Å². The van der Waals surface area contributed by atoms with Gasteiger partial charge in [-0.2, -0.15) is 5.26 Å². The predicted octanol–water partition coefficient (Wildman–Crippen LogP) is 3.35. The second-order valence-corrected chi connectivity index (χ2v) is 10.8. The van der Waals surface area contributed by atoms with Crippen molar-refractivity contribution in [1.29, 1.82) is 5.26 Å². The van der Waals surface area contributed by atoms with Gasteiger partial charge in [-0.15, -0.1) is 0 Å². The molecule has 12 nitrogen and oxygen atoms in total. The standard InChI is InChI=1S/C29H30N2O10/c1-29(2,3)41-28(34)31-11-23(32)40-26-16-9-22-21(38-13-39-22)8-15(16)24(25-18(26)12-37-27(25)33)14-6-19(35-4)17(10-30)20(7-14)36-5/h6-9,18,24-26H,11-13H2,1-5H3,(H,31,34)/t18-,24+,25-,26-/m1/s1. The molecule has 5 rings (SSSR count). The Morgan fingerprint density at radius 2 is 1.66 bits per heavy atom. The van der Waals surface area contributed by atoms with Gasteiger partial charge in [0, 0.05) is 17.4 Å². The summed E-state index contributed by atoms with van der Waals surface area (Å²) in [6.07, 6.45) is -1.65. The lowest BCUT2D eigenvalue weighted by Crippen LogP contribution is -2.39. The minimum Gasteiger partial charge on any atom is -0.495 e. The summed E-state index contributed by atoms with van der Waals surface area (Å²) >= 11 is 0. The molecule has 1 amide bonds. The number of carbonyl (C=O) groups excluding carboxylic acids is 3. The number of hydrogen-bond donors (Lipinski definition) is 1. The van der Waals surface area contributed by atoms with E-state index in [0.29, 0.717) is 28.2 Å². The second kappa shape index (κ2) is 10.7. The first-order chi connectivity index (χ1) is 19.5. The lowest BCUT2D eigenvalue weighted by molar-refractivity contribution is -0.153. The number of benzene rings is 2. The van der Waals surface area contributed by atoms with Crippen molar-refractivity contribution in [1.82, 2.24) is 5.32 Å². The molecule has 2 aromatic carbocycles. The molecule has 1 N–H and O–H groups in total. The summed E-state index contributed by atoms with van der Waals surface area (Å²) in [7, 11) is 2.89. The van der Waals surface area contributed by atoms with Crippen molar-refractivity contribution < 1.29 is 47.5 Å². The number of carbonyl (C=O) groups is 3. The number of alkyl carbamates (subject to hydrolysis) is 1. The van der Waals surface area contributed by atoms with Crippen LogP contribution in [0.5, 0.6) is 23.0 Å². The fourth-order valence-electron chi connectivity index (χ4n) is 5.53. The van der Waals surface area contributed by atoms with Crippen LogP contribution in [0, 0.1) is 23.2 Å². The SMILES string of the molecule is COc1cc([C@H]2c3cc4c(cc3[C@@H](OC(=O)CNC(=O)OC(C)(C)C)[C@@H]3COC(=O)[C@@H]23)OCO4)cc(OC)c1C#N. The van der Waals surface area contributed by atoms with E-state index in [1.807, 2.05) is 0 Å². The van der Waals surface area contributed by atoms with Crippen LogP contribution in [-0.2, 0) is 23.8 Å². The topological polar surface area (TPSA) is 152 Å². The molecule has 1 aliphatic carbocycles. The molecule has 1 saturated heterocycles. The van der Waals surface area contributed by atoms with Gasteiger partial charge in [-0.05, 0) is 56.2 Å². The summed E-state index contributed by atoms with van der Waals surface area (Å²) < 4.78 is 38.8. The van der Waals surface area contributed by atoms with Crippen molar-refractivity contribution in [3.8, 4) is 29.1 Å². The van der Waals surface area contributed by atoms with Gasteiger partial charge in [0.15, 0.2) is 11.5 Å². The fraction of sp³-hybridized carbons (Fsp3) is 0.448. The quantitative estimate of drug-likeness (QED) is 0.405. The minimum atomic E-state index is -0.887. The molecule has 2 aliphatic heterocycles. The van der Waals surface area contributed by atoms with Gasteiger partial charge < -0.3 is 38.5 Å². The van der Waals surface area contributed by atoms with E-state index in [1.165, 1.54) is 14.2 Å². The van der Waals surface area contributed by atoms with Crippen LogP contribution in [0.4, 0.5) is 4.79 Å². The third-order valence-corrected chi connectivity index (χ3v) is 7.15. The van der Waals surface area contributed by atoms with E-state index in [9.17, 15) is 19.6 Å². The van der Waals surface area contributed by atoms with Crippen LogP contribution in [0.15, 0.2) is 24.3 Å². The summed E-state index contributed by atoms with van der Waals surface area (Å²) in [5.41, 5.74) is 1.38. The van der Waals surface area contributed by atoms with Crippen molar-refractivity contribution in [3.05, 3.63) is 46.5 Å². The molecule has 4 atom stereocenters. The zero-order valence-corrected chi connectivity index (χ0v) is 23.3. The average Bonchev–Trinajstić information content (AvgIpc) is 3.55. The van der Waals surface area contributed by atoms with Crippen LogP contribution in [0.1, 0.15) is 55.0 Å². The van der Waals surface area contributed by atoms with Gasteiger partial charge in [0.1, 0.15) is 41.4 Å². The van der Waals surface area contributed by atoms with E-state index in [2.05, 4.69) is 11.4 Å². The number of nitrogens with zero attached hydrogens (tertiary/aromatic N) is 1.